The van der Waals surface area contributed by atoms with Gasteiger partial charge >= 0.3 is 5.97 Å². The van der Waals surface area contributed by atoms with Gasteiger partial charge in [-0.05, 0) is 62.6 Å². The summed E-state index contributed by atoms with van der Waals surface area (Å²) in [7, 11) is 1.78. The highest BCUT2D eigenvalue weighted by atomic mass is 16.5. The lowest BCUT2D eigenvalue weighted by atomic mass is 9.94. The minimum absolute atomic E-state index is 0.0828. The summed E-state index contributed by atoms with van der Waals surface area (Å²) < 4.78 is 10.7. The summed E-state index contributed by atoms with van der Waals surface area (Å²) in [4.78, 5) is 36.4. The van der Waals surface area contributed by atoms with Crippen LogP contribution in [-0.2, 0) is 27.4 Å². The van der Waals surface area contributed by atoms with E-state index in [4.69, 9.17) is 15.3 Å². The van der Waals surface area contributed by atoms with Crippen molar-refractivity contribution in [1.82, 2.24) is 0 Å². The van der Waals surface area contributed by atoms with Gasteiger partial charge in [0.1, 0.15) is 12.4 Å². The zero-order valence-electron chi connectivity index (χ0n) is 18.7. The summed E-state index contributed by atoms with van der Waals surface area (Å²) in [6.45, 7) is 7.32. The molecule has 0 radical (unpaired) electrons. The van der Waals surface area contributed by atoms with Crippen molar-refractivity contribution in [3.8, 4) is 5.75 Å². The number of nitrogens with zero attached hydrogens (tertiary/aromatic N) is 1. The van der Waals surface area contributed by atoms with E-state index in [0.717, 1.165) is 28.8 Å². The van der Waals surface area contributed by atoms with Crippen LogP contribution in [0.3, 0.4) is 0 Å². The van der Waals surface area contributed by atoms with Crippen LogP contribution < -0.4 is 15.6 Å². The van der Waals surface area contributed by atoms with Crippen molar-refractivity contribution >= 4 is 23.2 Å². The number of ether oxygens (including phenoxy) is 2. The first-order valence-corrected chi connectivity index (χ1v) is 10.3. The SMILES string of the molecule is CCOC(=O)C(=O)C(C)C(=O)c1ccc(OCc2c(CC)cccc2N(C)N)c(C)c1. The number of hydrazine groups is 1. The molecular weight excluding hydrogens is 396 g/mol. The monoisotopic (exact) mass is 426 g/mol. The molecule has 0 heterocycles. The Labute approximate surface area is 183 Å². The Bertz CT molecular complexity index is 968. The van der Waals surface area contributed by atoms with Crippen molar-refractivity contribution in [1.29, 1.82) is 0 Å². The number of carbonyl (C=O) groups is 3. The average molecular weight is 427 g/mol. The summed E-state index contributed by atoms with van der Waals surface area (Å²) in [5, 5.41) is 1.56. The highest BCUT2D eigenvalue weighted by Crippen LogP contribution is 2.27. The number of hydrogen-bond donors (Lipinski definition) is 1. The summed E-state index contributed by atoms with van der Waals surface area (Å²) >= 11 is 0. The zero-order chi connectivity index (χ0) is 23.1. The van der Waals surface area contributed by atoms with Crippen LogP contribution in [0.2, 0.25) is 0 Å². The Balaban J connectivity index is 2.18. The molecule has 0 saturated heterocycles. The predicted molar refractivity (Wildman–Crippen MR) is 119 cm³/mol. The second-order valence-electron chi connectivity index (χ2n) is 7.32. The van der Waals surface area contributed by atoms with Crippen LogP contribution in [0, 0.1) is 12.8 Å². The number of carbonyl (C=O) groups excluding carboxylic acids is 3. The molecular formula is C24H30N2O5. The Hall–Kier alpha value is -3.19. The second-order valence-corrected chi connectivity index (χ2v) is 7.32. The number of benzene rings is 2. The minimum Gasteiger partial charge on any atom is -0.489 e. The third-order valence-electron chi connectivity index (χ3n) is 5.10. The molecule has 166 valence electrons. The van der Waals surface area contributed by atoms with Crippen LogP contribution in [0.25, 0.3) is 0 Å². The van der Waals surface area contributed by atoms with Crippen molar-refractivity contribution in [2.45, 2.75) is 40.7 Å². The number of hydrogen-bond acceptors (Lipinski definition) is 7. The lowest BCUT2D eigenvalue weighted by Gasteiger charge is -2.20. The quantitative estimate of drug-likeness (QED) is 0.155. The third kappa shape index (κ3) is 5.70. The van der Waals surface area contributed by atoms with E-state index in [-0.39, 0.29) is 6.61 Å². The topological polar surface area (TPSA) is 98.9 Å². The van der Waals surface area contributed by atoms with Gasteiger partial charge in [-0.15, -0.1) is 0 Å². The van der Waals surface area contributed by atoms with Crippen LogP contribution in [0.15, 0.2) is 36.4 Å². The predicted octanol–water partition coefficient (Wildman–Crippen LogP) is 3.40. The third-order valence-corrected chi connectivity index (χ3v) is 5.10. The molecule has 0 bridgehead atoms. The largest absolute Gasteiger partial charge is 0.489 e. The first kappa shape index (κ1) is 24.1. The van der Waals surface area contributed by atoms with Crippen molar-refractivity contribution in [2.24, 2.45) is 11.8 Å². The van der Waals surface area contributed by atoms with Crippen LogP contribution in [0.1, 0.15) is 47.8 Å². The molecule has 0 aromatic heterocycles. The molecule has 31 heavy (non-hydrogen) atoms. The van der Waals surface area contributed by atoms with E-state index in [1.54, 1.807) is 37.2 Å². The summed E-state index contributed by atoms with van der Waals surface area (Å²) in [6.07, 6.45) is 0.846. The standard InChI is InChI=1S/C24H30N2O5/c1-6-17-9-8-10-20(26(5)25)19(17)14-31-21-12-11-18(13-15(21)3)22(27)16(4)23(28)24(29)30-7-2/h8-13,16H,6-7,14,25H2,1-5H3. The maximum Gasteiger partial charge on any atom is 0.375 e. The molecule has 0 spiro atoms. The second kappa shape index (κ2) is 10.7. The van der Waals surface area contributed by atoms with Gasteiger partial charge in [0.05, 0.1) is 18.2 Å². The molecule has 0 aliphatic rings. The first-order valence-electron chi connectivity index (χ1n) is 10.3. The summed E-state index contributed by atoms with van der Waals surface area (Å²) in [5.74, 6) is 3.21. The molecule has 2 N–H and O–H groups in total. The van der Waals surface area contributed by atoms with E-state index in [0.29, 0.717) is 17.9 Å². The fourth-order valence-corrected chi connectivity index (χ4v) is 3.31. The van der Waals surface area contributed by atoms with Gasteiger partial charge < -0.3 is 14.5 Å². The van der Waals surface area contributed by atoms with Crippen LogP contribution in [0.4, 0.5) is 5.69 Å². The Morgan fingerprint density at radius 3 is 2.42 bits per heavy atom. The highest BCUT2D eigenvalue weighted by Gasteiger charge is 2.29. The number of nitrogens with two attached hydrogens (primary N) is 1. The van der Waals surface area contributed by atoms with E-state index in [2.05, 4.69) is 6.92 Å². The molecule has 0 saturated carbocycles. The molecule has 1 unspecified atom stereocenters. The van der Waals surface area contributed by atoms with Gasteiger partial charge in [0.15, 0.2) is 5.78 Å². The number of rotatable bonds is 10. The molecule has 7 nitrogen and oxygen atoms in total. The molecule has 7 heteroatoms. The zero-order valence-corrected chi connectivity index (χ0v) is 18.7. The van der Waals surface area contributed by atoms with Crippen molar-refractivity contribution < 1.29 is 23.9 Å². The van der Waals surface area contributed by atoms with Gasteiger partial charge in [-0.3, -0.25) is 9.59 Å². The fourth-order valence-electron chi connectivity index (χ4n) is 3.31. The van der Waals surface area contributed by atoms with Crippen LogP contribution in [-0.4, -0.2) is 31.2 Å². The van der Waals surface area contributed by atoms with Gasteiger partial charge in [-0.25, -0.2) is 10.6 Å². The normalized spacial score (nSPS) is 11.5. The molecule has 2 aromatic rings. The van der Waals surface area contributed by atoms with Gasteiger partial charge in [0.2, 0.25) is 0 Å². The number of Topliss-reactive ketones (excluding diaryl/α,β-unsaturated/α-hetero) is 2. The van der Waals surface area contributed by atoms with Crippen LogP contribution >= 0.6 is 0 Å². The van der Waals surface area contributed by atoms with Crippen molar-refractivity contribution in [2.75, 3.05) is 18.7 Å². The molecule has 0 aliphatic heterocycles. The Morgan fingerprint density at radius 2 is 1.84 bits per heavy atom. The van der Waals surface area contributed by atoms with Gasteiger partial charge in [-0.1, -0.05) is 19.1 Å². The van der Waals surface area contributed by atoms with Gasteiger partial charge in [-0.2, -0.15) is 0 Å². The number of ketones is 2. The van der Waals surface area contributed by atoms with Crippen molar-refractivity contribution in [3.63, 3.8) is 0 Å². The number of anilines is 1. The molecule has 0 fully saturated rings. The summed E-state index contributed by atoms with van der Waals surface area (Å²) in [5.41, 5.74) is 4.12. The maximum atomic E-state index is 12.7. The van der Waals surface area contributed by atoms with Gasteiger partial charge in [0.25, 0.3) is 5.78 Å². The maximum absolute atomic E-state index is 12.7. The van der Waals surface area contributed by atoms with E-state index >= 15 is 0 Å². The highest BCUT2D eigenvalue weighted by molar-refractivity contribution is 6.39. The van der Waals surface area contributed by atoms with E-state index < -0.39 is 23.5 Å². The lowest BCUT2D eigenvalue weighted by molar-refractivity contribution is -0.154. The average Bonchev–Trinajstić information content (AvgIpc) is 2.76. The van der Waals surface area contributed by atoms with E-state index in [1.807, 2.05) is 25.1 Å². The Morgan fingerprint density at radius 1 is 1.13 bits per heavy atom. The first-order chi connectivity index (χ1) is 14.7. The molecule has 0 aliphatic carbocycles. The van der Waals surface area contributed by atoms with Crippen molar-refractivity contribution in [3.05, 3.63) is 58.7 Å². The van der Waals surface area contributed by atoms with Crippen LogP contribution in [0.5, 0.6) is 5.75 Å². The molecule has 1 atom stereocenters. The molecule has 2 aromatic carbocycles. The van der Waals surface area contributed by atoms with Gasteiger partial charge in [0, 0.05) is 18.2 Å². The van der Waals surface area contributed by atoms with E-state index in [1.165, 1.54) is 6.92 Å². The molecule has 0 amide bonds. The Kier molecular flexibility index (Phi) is 8.33. The summed E-state index contributed by atoms with van der Waals surface area (Å²) in [6, 6.07) is 10.9. The smallest absolute Gasteiger partial charge is 0.375 e. The lowest BCUT2D eigenvalue weighted by Crippen LogP contribution is -2.29. The number of aryl methyl sites for hydroxylation is 2. The van der Waals surface area contributed by atoms with E-state index in [9.17, 15) is 14.4 Å². The fraction of sp³-hybridized carbons (Fsp3) is 0.375. The number of esters is 1. The molecule has 2 rings (SSSR count). The minimum atomic E-state index is -1.11.